The van der Waals surface area contributed by atoms with E-state index in [1.165, 1.54) is 25.4 Å². The van der Waals surface area contributed by atoms with Gasteiger partial charge in [0, 0.05) is 42.3 Å². The first-order valence-electron chi connectivity index (χ1n) is 10.2. The van der Waals surface area contributed by atoms with Gasteiger partial charge in [-0.3, -0.25) is 4.79 Å². The molecule has 10 heteroatoms. The van der Waals surface area contributed by atoms with Crippen LogP contribution in [0.5, 0.6) is 5.75 Å². The van der Waals surface area contributed by atoms with E-state index in [2.05, 4.69) is 14.7 Å². The first-order chi connectivity index (χ1) is 15.7. The Morgan fingerprint density at radius 2 is 1.94 bits per heavy atom. The third kappa shape index (κ3) is 4.05. The summed E-state index contributed by atoms with van der Waals surface area (Å²) in [6.07, 6.45) is 0.184. The van der Waals surface area contributed by atoms with Crippen molar-refractivity contribution in [1.29, 1.82) is 0 Å². The van der Waals surface area contributed by atoms with E-state index >= 15 is 0 Å². The van der Waals surface area contributed by atoms with Crippen LogP contribution in [0, 0.1) is 11.6 Å². The molecule has 1 N–H and O–H groups in total. The van der Waals surface area contributed by atoms with Gasteiger partial charge in [-0.2, -0.15) is 4.39 Å². The highest BCUT2D eigenvalue weighted by molar-refractivity contribution is 6.01. The highest BCUT2D eigenvalue weighted by Crippen LogP contribution is 2.51. The maximum atomic E-state index is 14.5. The van der Waals surface area contributed by atoms with Gasteiger partial charge in [0.1, 0.15) is 0 Å². The molecule has 1 aliphatic carbocycles. The number of aromatic amines is 1. The van der Waals surface area contributed by atoms with Gasteiger partial charge < -0.3 is 14.5 Å². The highest BCUT2D eigenvalue weighted by atomic mass is 19.3. The Hall–Kier alpha value is -3.43. The normalized spacial score (nSPS) is 19.9. The van der Waals surface area contributed by atoms with E-state index in [-0.39, 0.29) is 40.0 Å². The highest BCUT2D eigenvalue weighted by Gasteiger charge is 2.44. The van der Waals surface area contributed by atoms with E-state index in [1.807, 2.05) is 0 Å². The number of aromatic nitrogens is 2. The quantitative estimate of drug-likeness (QED) is 0.448. The van der Waals surface area contributed by atoms with Crippen molar-refractivity contribution in [2.75, 3.05) is 14.2 Å². The molecule has 0 saturated heterocycles. The summed E-state index contributed by atoms with van der Waals surface area (Å²) in [5.74, 6) is -8.11. The lowest BCUT2D eigenvalue weighted by Gasteiger charge is -2.37. The van der Waals surface area contributed by atoms with Gasteiger partial charge in [0.05, 0.1) is 25.1 Å². The summed E-state index contributed by atoms with van der Waals surface area (Å²) in [6.45, 7) is 0. The lowest BCUT2D eigenvalue weighted by molar-refractivity contribution is -0.0466. The minimum absolute atomic E-state index is 0.0300. The second-order valence-corrected chi connectivity index (χ2v) is 7.96. The molecule has 0 spiro atoms. The fourth-order valence-electron chi connectivity index (χ4n) is 4.55. The molecule has 4 rings (SSSR count). The van der Waals surface area contributed by atoms with Gasteiger partial charge in [-0.25, -0.2) is 22.9 Å². The second kappa shape index (κ2) is 8.49. The fourth-order valence-corrected chi connectivity index (χ4v) is 4.55. The number of carbonyl (C=O) groups excluding carboxylic acids is 1. The molecule has 33 heavy (non-hydrogen) atoms. The molecule has 2 atom stereocenters. The van der Waals surface area contributed by atoms with Crippen molar-refractivity contribution in [1.82, 2.24) is 9.97 Å². The molecule has 0 amide bonds. The van der Waals surface area contributed by atoms with E-state index in [4.69, 9.17) is 4.74 Å². The first-order valence-corrected chi connectivity index (χ1v) is 10.2. The Kier molecular flexibility index (Phi) is 5.85. The molecule has 3 aromatic rings. The molecule has 0 bridgehead atoms. The first kappa shape index (κ1) is 22.8. The number of H-pyrrole nitrogens is 1. The summed E-state index contributed by atoms with van der Waals surface area (Å²) in [6, 6.07) is 4.83. The molecule has 2 heterocycles. The minimum Gasteiger partial charge on any atom is -0.493 e. The Morgan fingerprint density at radius 3 is 2.64 bits per heavy atom. The second-order valence-electron chi connectivity index (χ2n) is 7.96. The van der Waals surface area contributed by atoms with Crippen molar-refractivity contribution in [3.63, 3.8) is 0 Å². The van der Waals surface area contributed by atoms with Crippen LogP contribution in [-0.2, 0) is 4.74 Å². The zero-order valence-electron chi connectivity index (χ0n) is 17.8. The van der Waals surface area contributed by atoms with Gasteiger partial charge in [-0.1, -0.05) is 6.07 Å². The number of methoxy groups -OCH3 is 2. The molecule has 0 radical (unpaired) electrons. The number of hydrogen-bond donors (Lipinski definition) is 1. The Labute approximate surface area is 185 Å². The lowest BCUT2D eigenvalue weighted by atomic mass is 9.72. The Morgan fingerprint density at radius 1 is 1.18 bits per heavy atom. The van der Waals surface area contributed by atoms with Crippen molar-refractivity contribution in [2.24, 2.45) is 0 Å². The molecule has 1 aromatic carbocycles. The number of halogens is 4. The molecule has 1 aliphatic rings. The number of nitrogens with one attached hydrogen (secondary N) is 1. The summed E-state index contributed by atoms with van der Waals surface area (Å²) >= 11 is 0. The number of benzene rings is 1. The molecule has 6 nitrogen and oxygen atoms in total. The Balaban J connectivity index is 1.88. The number of carbonyl (C=O) groups is 1. The van der Waals surface area contributed by atoms with Crippen LogP contribution in [0.1, 0.15) is 52.8 Å². The number of rotatable bonds is 4. The summed E-state index contributed by atoms with van der Waals surface area (Å²) in [7, 11) is 2.32. The molecule has 174 valence electrons. The third-order valence-electron chi connectivity index (χ3n) is 6.05. The van der Waals surface area contributed by atoms with Crippen molar-refractivity contribution >= 4 is 16.9 Å². The van der Waals surface area contributed by atoms with Crippen LogP contribution in [-0.4, -0.2) is 36.1 Å². The summed E-state index contributed by atoms with van der Waals surface area (Å²) in [5, 5.41) is -0.0300. The predicted molar refractivity (Wildman–Crippen MR) is 111 cm³/mol. The van der Waals surface area contributed by atoms with Crippen molar-refractivity contribution in [2.45, 2.75) is 37.0 Å². The van der Waals surface area contributed by atoms with Crippen LogP contribution in [0.3, 0.4) is 0 Å². The van der Waals surface area contributed by atoms with E-state index < -0.39 is 53.6 Å². The Bertz CT molecular complexity index is 1290. The molecule has 1 saturated carbocycles. The topological polar surface area (TPSA) is 81.3 Å². The smallest absolute Gasteiger partial charge is 0.357 e. The largest absolute Gasteiger partial charge is 0.493 e. The predicted octanol–water partition coefficient (Wildman–Crippen LogP) is 4.68. The van der Waals surface area contributed by atoms with E-state index in [1.54, 1.807) is 0 Å². The average molecular weight is 464 g/mol. The number of ether oxygens (including phenoxy) is 2. The van der Waals surface area contributed by atoms with Gasteiger partial charge >= 0.3 is 5.97 Å². The van der Waals surface area contributed by atoms with E-state index in [0.29, 0.717) is 0 Å². The molecule has 1 fully saturated rings. The number of fused-ring (bicyclic) bond motifs is 1. The van der Waals surface area contributed by atoms with Crippen LogP contribution in [0.15, 0.2) is 35.3 Å². The van der Waals surface area contributed by atoms with Gasteiger partial charge in [0.15, 0.2) is 22.7 Å². The van der Waals surface area contributed by atoms with Crippen molar-refractivity contribution in [3.8, 4) is 5.75 Å². The fraction of sp³-hybridized carbons (Fsp3) is 0.348. The number of esters is 1. The maximum Gasteiger partial charge on any atom is 0.357 e. The number of hydrogen-bond acceptors (Lipinski definition) is 5. The number of nitrogens with zero attached hydrogens (tertiary/aromatic N) is 1. The van der Waals surface area contributed by atoms with E-state index in [9.17, 15) is 27.2 Å². The average Bonchev–Trinajstić information content (AvgIpc) is 2.79. The minimum atomic E-state index is -3.02. The number of alkyl halides is 2. The molecule has 0 aliphatic heterocycles. The molecule has 1 unspecified atom stereocenters. The molecule has 2 aromatic heterocycles. The summed E-state index contributed by atoms with van der Waals surface area (Å²) in [5.41, 5.74) is -0.154. The summed E-state index contributed by atoms with van der Waals surface area (Å²) in [4.78, 5) is 31.8. The van der Waals surface area contributed by atoms with Gasteiger partial charge in [0.2, 0.25) is 11.7 Å². The SMILES string of the molecule is COC(=O)c1nccc2[nH]c([C@@H]3CC(F)(F)CCC3c3ccc(F)c(F)c3OC)cc(=O)c12. The van der Waals surface area contributed by atoms with Crippen LogP contribution >= 0.6 is 0 Å². The van der Waals surface area contributed by atoms with Crippen molar-refractivity contribution in [3.05, 3.63) is 69.3 Å². The van der Waals surface area contributed by atoms with Crippen molar-refractivity contribution < 1.29 is 31.8 Å². The van der Waals surface area contributed by atoms with Crippen LogP contribution < -0.4 is 10.2 Å². The van der Waals surface area contributed by atoms with Crippen LogP contribution in [0.4, 0.5) is 17.6 Å². The zero-order valence-corrected chi connectivity index (χ0v) is 17.8. The van der Waals surface area contributed by atoms with E-state index in [0.717, 1.165) is 19.2 Å². The van der Waals surface area contributed by atoms with Gasteiger partial charge in [-0.15, -0.1) is 0 Å². The van der Waals surface area contributed by atoms with Crippen LogP contribution in [0.2, 0.25) is 0 Å². The van der Waals surface area contributed by atoms with Gasteiger partial charge in [-0.05, 0) is 24.5 Å². The molecular formula is C23H20F4N2O4. The number of pyridine rings is 2. The third-order valence-corrected chi connectivity index (χ3v) is 6.05. The maximum absolute atomic E-state index is 14.5. The standard InChI is InChI=1S/C23H20F4N2O4/c1-32-21-12(3-4-14(24)19(21)25)11-5-7-23(26,27)10-13(11)16-9-17(30)18-15(29-16)6-8-28-20(18)22(31)33-2/h3-4,6,8-9,11,13H,5,7,10H2,1-2H3,(H,29,30)/t11?,13-/m1/s1. The summed E-state index contributed by atoms with van der Waals surface area (Å²) < 4.78 is 66.8. The zero-order chi connectivity index (χ0) is 23.9. The van der Waals surface area contributed by atoms with Gasteiger partial charge in [0.25, 0.3) is 0 Å². The lowest BCUT2D eigenvalue weighted by Crippen LogP contribution is -2.31. The monoisotopic (exact) mass is 464 g/mol. The van der Waals surface area contributed by atoms with Crippen LogP contribution in [0.25, 0.3) is 10.9 Å². The molecular weight excluding hydrogens is 444 g/mol.